The molecule has 0 bridgehead atoms. The first-order chi connectivity index (χ1) is 10.1. The molecule has 0 aliphatic carbocycles. The summed E-state index contributed by atoms with van der Waals surface area (Å²) in [4.78, 5) is 12.2. The maximum atomic E-state index is 12.8. The number of ether oxygens (including phenoxy) is 1. The average Bonchev–Trinajstić information content (AvgIpc) is 2.48. The van der Waals surface area contributed by atoms with E-state index in [4.69, 9.17) is 16.3 Å². The van der Waals surface area contributed by atoms with E-state index in [9.17, 15) is 9.18 Å². The van der Waals surface area contributed by atoms with Gasteiger partial charge in [0, 0.05) is 10.7 Å². The van der Waals surface area contributed by atoms with Crippen LogP contribution in [0.1, 0.15) is 5.56 Å². The van der Waals surface area contributed by atoms with Gasteiger partial charge in [0.2, 0.25) is 5.91 Å². The Balaban J connectivity index is 1.70. The maximum absolute atomic E-state index is 12.8. The van der Waals surface area contributed by atoms with Crippen LogP contribution >= 0.6 is 11.6 Å². The van der Waals surface area contributed by atoms with Gasteiger partial charge in [0.05, 0.1) is 5.92 Å². The predicted octanol–water partition coefficient (Wildman–Crippen LogP) is 3.67. The first-order valence-corrected chi connectivity index (χ1v) is 6.97. The Morgan fingerprint density at radius 1 is 1.24 bits per heavy atom. The SMILES string of the molecule is O=C(Nc1ccc(F)cc1)C1COc2ccc(Cl)cc2C1. The number of rotatable bonds is 2. The summed E-state index contributed by atoms with van der Waals surface area (Å²) < 4.78 is 18.4. The van der Waals surface area contributed by atoms with Gasteiger partial charge in [-0.15, -0.1) is 0 Å². The second-order valence-corrected chi connectivity index (χ2v) is 5.40. The number of halogens is 2. The second kappa shape index (κ2) is 5.74. The monoisotopic (exact) mass is 305 g/mol. The van der Waals surface area contributed by atoms with Gasteiger partial charge in [-0.25, -0.2) is 4.39 Å². The van der Waals surface area contributed by atoms with Crippen LogP contribution in [0.5, 0.6) is 5.75 Å². The van der Waals surface area contributed by atoms with E-state index in [0.717, 1.165) is 11.3 Å². The number of benzene rings is 2. The minimum absolute atomic E-state index is 0.146. The molecule has 1 amide bonds. The largest absolute Gasteiger partial charge is 0.492 e. The Morgan fingerprint density at radius 3 is 2.76 bits per heavy atom. The number of amides is 1. The quantitative estimate of drug-likeness (QED) is 0.919. The van der Waals surface area contributed by atoms with Crippen LogP contribution in [0, 0.1) is 11.7 Å². The molecule has 3 rings (SSSR count). The van der Waals surface area contributed by atoms with Gasteiger partial charge in [0.1, 0.15) is 18.2 Å². The fraction of sp³-hybridized carbons (Fsp3) is 0.188. The summed E-state index contributed by atoms with van der Waals surface area (Å²) in [5.41, 5.74) is 1.49. The summed E-state index contributed by atoms with van der Waals surface area (Å²) in [6.07, 6.45) is 0.572. The molecule has 1 N–H and O–H groups in total. The minimum atomic E-state index is -0.336. The maximum Gasteiger partial charge on any atom is 0.231 e. The molecule has 0 aromatic heterocycles. The molecule has 1 aliphatic rings. The molecule has 21 heavy (non-hydrogen) atoms. The summed E-state index contributed by atoms with van der Waals surface area (Å²) in [6, 6.07) is 11.1. The zero-order valence-electron chi connectivity index (χ0n) is 11.1. The van der Waals surface area contributed by atoms with Crippen molar-refractivity contribution < 1.29 is 13.9 Å². The van der Waals surface area contributed by atoms with Crippen LogP contribution in [0.3, 0.4) is 0 Å². The summed E-state index contributed by atoms with van der Waals surface area (Å²) in [6.45, 7) is 0.321. The van der Waals surface area contributed by atoms with Crippen molar-refractivity contribution in [1.82, 2.24) is 0 Å². The number of hydrogen-bond acceptors (Lipinski definition) is 2. The molecule has 0 saturated carbocycles. The summed E-state index contributed by atoms with van der Waals surface area (Å²) >= 11 is 5.96. The molecular formula is C16H13ClFNO2. The molecule has 1 heterocycles. The first-order valence-electron chi connectivity index (χ1n) is 6.59. The van der Waals surface area contributed by atoms with Gasteiger partial charge < -0.3 is 10.1 Å². The van der Waals surface area contributed by atoms with Crippen LogP contribution in [0.25, 0.3) is 0 Å². The lowest BCUT2D eigenvalue weighted by atomic mass is 9.96. The molecule has 1 atom stereocenters. The van der Waals surface area contributed by atoms with Crippen molar-refractivity contribution >= 4 is 23.2 Å². The van der Waals surface area contributed by atoms with E-state index in [-0.39, 0.29) is 17.6 Å². The zero-order chi connectivity index (χ0) is 14.8. The highest BCUT2D eigenvalue weighted by atomic mass is 35.5. The van der Waals surface area contributed by atoms with Crippen LogP contribution in [-0.4, -0.2) is 12.5 Å². The summed E-state index contributed by atoms with van der Waals surface area (Å²) in [5.74, 6) is -0.00365. The van der Waals surface area contributed by atoms with E-state index in [1.165, 1.54) is 24.3 Å². The standard InChI is InChI=1S/C16H13ClFNO2/c17-12-1-6-15-10(8-12)7-11(9-21-15)16(20)19-14-4-2-13(18)3-5-14/h1-6,8,11H,7,9H2,(H,19,20). The molecule has 2 aromatic carbocycles. The van der Waals surface area contributed by atoms with E-state index >= 15 is 0 Å². The molecular weight excluding hydrogens is 293 g/mol. The minimum Gasteiger partial charge on any atom is -0.492 e. The number of hydrogen-bond donors (Lipinski definition) is 1. The Labute approximate surface area is 126 Å². The molecule has 0 spiro atoms. The highest BCUT2D eigenvalue weighted by Gasteiger charge is 2.26. The van der Waals surface area contributed by atoms with Crippen LogP contribution in [0.2, 0.25) is 5.02 Å². The van der Waals surface area contributed by atoms with Gasteiger partial charge in [-0.1, -0.05) is 11.6 Å². The van der Waals surface area contributed by atoms with Crippen molar-refractivity contribution in [1.29, 1.82) is 0 Å². The molecule has 0 fully saturated rings. The van der Waals surface area contributed by atoms with E-state index in [0.29, 0.717) is 23.7 Å². The van der Waals surface area contributed by atoms with Crippen molar-refractivity contribution in [3.63, 3.8) is 0 Å². The number of anilines is 1. The normalized spacial score (nSPS) is 16.8. The van der Waals surface area contributed by atoms with E-state index < -0.39 is 0 Å². The van der Waals surface area contributed by atoms with E-state index in [1.807, 2.05) is 12.1 Å². The lowest BCUT2D eigenvalue weighted by Crippen LogP contribution is -2.32. The van der Waals surface area contributed by atoms with Crippen LogP contribution < -0.4 is 10.1 Å². The Bertz CT molecular complexity index is 672. The molecule has 0 saturated heterocycles. The molecule has 3 nitrogen and oxygen atoms in total. The topological polar surface area (TPSA) is 38.3 Å². The first kappa shape index (κ1) is 13.9. The third-order valence-electron chi connectivity index (χ3n) is 3.41. The van der Waals surface area contributed by atoms with E-state index in [2.05, 4.69) is 5.32 Å². The number of fused-ring (bicyclic) bond motifs is 1. The van der Waals surface area contributed by atoms with Gasteiger partial charge in [-0.3, -0.25) is 4.79 Å². The van der Waals surface area contributed by atoms with Gasteiger partial charge in [0.15, 0.2) is 0 Å². The second-order valence-electron chi connectivity index (χ2n) is 4.96. The van der Waals surface area contributed by atoms with Crippen molar-refractivity contribution in [2.75, 3.05) is 11.9 Å². The highest BCUT2D eigenvalue weighted by molar-refractivity contribution is 6.30. The molecule has 2 aromatic rings. The number of nitrogens with one attached hydrogen (secondary N) is 1. The third-order valence-corrected chi connectivity index (χ3v) is 3.65. The highest BCUT2D eigenvalue weighted by Crippen LogP contribution is 2.30. The zero-order valence-corrected chi connectivity index (χ0v) is 11.9. The van der Waals surface area contributed by atoms with Crippen molar-refractivity contribution in [3.05, 3.63) is 58.9 Å². The van der Waals surface area contributed by atoms with Crippen LogP contribution in [-0.2, 0) is 11.2 Å². The van der Waals surface area contributed by atoms with Crippen molar-refractivity contribution in [2.24, 2.45) is 5.92 Å². The predicted molar refractivity (Wildman–Crippen MR) is 79.2 cm³/mol. The van der Waals surface area contributed by atoms with Crippen molar-refractivity contribution in [3.8, 4) is 5.75 Å². The summed E-state index contributed by atoms with van der Waals surface area (Å²) in [5, 5.41) is 3.39. The van der Waals surface area contributed by atoms with Gasteiger partial charge in [-0.2, -0.15) is 0 Å². The molecule has 1 unspecified atom stereocenters. The molecule has 108 valence electrons. The number of carbonyl (C=O) groups excluding carboxylic acids is 1. The summed E-state index contributed by atoms with van der Waals surface area (Å²) in [7, 11) is 0. The van der Waals surface area contributed by atoms with Gasteiger partial charge >= 0.3 is 0 Å². The van der Waals surface area contributed by atoms with Gasteiger partial charge in [0.25, 0.3) is 0 Å². The fourth-order valence-electron chi connectivity index (χ4n) is 2.31. The van der Waals surface area contributed by atoms with Gasteiger partial charge in [-0.05, 0) is 54.4 Å². The number of carbonyl (C=O) groups is 1. The van der Waals surface area contributed by atoms with Crippen LogP contribution in [0.4, 0.5) is 10.1 Å². The fourth-order valence-corrected chi connectivity index (χ4v) is 2.50. The molecule has 0 radical (unpaired) electrons. The van der Waals surface area contributed by atoms with Crippen molar-refractivity contribution in [2.45, 2.75) is 6.42 Å². The Hall–Kier alpha value is -2.07. The lowest BCUT2D eigenvalue weighted by molar-refractivity contribution is -0.121. The lowest BCUT2D eigenvalue weighted by Gasteiger charge is -2.24. The molecule has 5 heteroatoms. The Morgan fingerprint density at radius 2 is 2.00 bits per heavy atom. The Kier molecular flexibility index (Phi) is 3.80. The third kappa shape index (κ3) is 3.16. The molecule has 1 aliphatic heterocycles. The van der Waals surface area contributed by atoms with E-state index in [1.54, 1.807) is 6.07 Å². The average molecular weight is 306 g/mol. The van der Waals surface area contributed by atoms with Crippen LogP contribution in [0.15, 0.2) is 42.5 Å². The smallest absolute Gasteiger partial charge is 0.231 e.